The smallest absolute Gasteiger partial charge is 0.335 e. The molecule has 1 fully saturated rings. The molecule has 4 rings (SSSR count). The van der Waals surface area contributed by atoms with Crippen molar-refractivity contribution < 1.29 is 15.0 Å². The van der Waals surface area contributed by atoms with Crippen molar-refractivity contribution in [1.82, 2.24) is 0 Å². The summed E-state index contributed by atoms with van der Waals surface area (Å²) < 4.78 is 0. The van der Waals surface area contributed by atoms with Gasteiger partial charge in [0.2, 0.25) is 0 Å². The van der Waals surface area contributed by atoms with Crippen LogP contribution in [0, 0.1) is 17.8 Å². The van der Waals surface area contributed by atoms with Crippen molar-refractivity contribution in [3.8, 4) is 11.8 Å². The summed E-state index contributed by atoms with van der Waals surface area (Å²) in [7, 11) is 0. The molecule has 2 aliphatic carbocycles. The molecule has 1 saturated carbocycles. The van der Waals surface area contributed by atoms with Crippen LogP contribution >= 0.6 is 0 Å². The Balaban J connectivity index is 1.72. The molecule has 3 heteroatoms. The van der Waals surface area contributed by atoms with E-state index < -0.39 is 11.6 Å². The molecule has 2 aromatic carbocycles. The molecule has 3 nitrogen and oxygen atoms in total. The molecule has 2 aromatic rings. The van der Waals surface area contributed by atoms with E-state index in [1.165, 1.54) is 11.1 Å². The van der Waals surface area contributed by atoms with E-state index in [0.29, 0.717) is 36.7 Å². The number of benzene rings is 2. The van der Waals surface area contributed by atoms with Crippen molar-refractivity contribution in [2.24, 2.45) is 5.92 Å². The zero-order valence-electron chi connectivity index (χ0n) is 16.2. The molecule has 0 saturated heterocycles. The summed E-state index contributed by atoms with van der Waals surface area (Å²) in [6.07, 6.45) is 4.80. The molecule has 144 valence electrons. The molecule has 0 spiro atoms. The van der Waals surface area contributed by atoms with Crippen LogP contribution in [0.1, 0.15) is 71.1 Å². The Kier molecular flexibility index (Phi) is 5.00. The molecule has 0 aromatic heterocycles. The van der Waals surface area contributed by atoms with Gasteiger partial charge in [-0.15, -0.1) is 5.92 Å². The van der Waals surface area contributed by atoms with Crippen molar-refractivity contribution >= 4 is 5.97 Å². The summed E-state index contributed by atoms with van der Waals surface area (Å²) in [6.45, 7) is 1.78. The summed E-state index contributed by atoms with van der Waals surface area (Å²) >= 11 is 0. The van der Waals surface area contributed by atoms with Crippen LogP contribution in [0.25, 0.3) is 0 Å². The summed E-state index contributed by atoms with van der Waals surface area (Å²) in [5, 5.41) is 20.5. The van der Waals surface area contributed by atoms with Crippen molar-refractivity contribution in [2.45, 2.75) is 57.0 Å². The fourth-order valence-electron chi connectivity index (χ4n) is 5.25. The maximum atomic E-state index is 11.9. The SMILES string of the molecule is CC#C[C@]1(O)CCC2c3ccc(C(=O)O)c(Cc4ccccc4)c3CC[C@@H]2C1. The van der Waals surface area contributed by atoms with Gasteiger partial charge in [-0.25, -0.2) is 4.79 Å². The van der Waals surface area contributed by atoms with E-state index in [1.54, 1.807) is 13.0 Å². The van der Waals surface area contributed by atoms with Crippen LogP contribution in [0.4, 0.5) is 0 Å². The molecule has 0 radical (unpaired) electrons. The van der Waals surface area contributed by atoms with E-state index >= 15 is 0 Å². The Labute approximate surface area is 166 Å². The number of carboxylic acids is 1. The number of hydrogen-bond donors (Lipinski definition) is 2. The second kappa shape index (κ2) is 7.45. The largest absolute Gasteiger partial charge is 0.478 e. The zero-order chi connectivity index (χ0) is 19.7. The fraction of sp³-hybridized carbons (Fsp3) is 0.400. The minimum absolute atomic E-state index is 0.389. The Bertz CT molecular complexity index is 951. The third kappa shape index (κ3) is 3.45. The minimum atomic E-state index is -0.860. The van der Waals surface area contributed by atoms with Gasteiger partial charge in [0.1, 0.15) is 5.60 Å². The first-order valence-corrected chi connectivity index (χ1v) is 10.1. The molecule has 1 unspecified atom stereocenters. The number of aliphatic hydroxyl groups is 1. The van der Waals surface area contributed by atoms with E-state index in [-0.39, 0.29) is 0 Å². The summed E-state index contributed by atoms with van der Waals surface area (Å²) in [4.78, 5) is 11.9. The van der Waals surface area contributed by atoms with Gasteiger partial charge in [-0.2, -0.15) is 0 Å². The van der Waals surface area contributed by atoms with Gasteiger partial charge < -0.3 is 10.2 Å². The van der Waals surface area contributed by atoms with Crippen LogP contribution < -0.4 is 0 Å². The predicted octanol–water partition coefficient (Wildman–Crippen LogP) is 4.56. The van der Waals surface area contributed by atoms with E-state index in [2.05, 4.69) is 24.0 Å². The van der Waals surface area contributed by atoms with Crippen molar-refractivity contribution in [3.05, 3.63) is 70.3 Å². The third-order valence-electron chi connectivity index (χ3n) is 6.48. The van der Waals surface area contributed by atoms with E-state index in [4.69, 9.17) is 0 Å². The molecule has 0 heterocycles. The van der Waals surface area contributed by atoms with Gasteiger partial charge in [0, 0.05) is 0 Å². The monoisotopic (exact) mass is 374 g/mol. The fourth-order valence-corrected chi connectivity index (χ4v) is 5.25. The first-order chi connectivity index (χ1) is 13.5. The van der Waals surface area contributed by atoms with Crippen LogP contribution in [0.2, 0.25) is 0 Å². The van der Waals surface area contributed by atoms with E-state index in [9.17, 15) is 15.0 Å². The third-order valence-corrected chi connectivity index (χ3v) is 6.48. The standard InChI is InChI=1S/C25H26O3/c1-2-13-25(28)14-12-19-18(16-25)8-9-21-20(19)10-11-22(24(26)27)23(21)15-17-6-4-3-5-7-17/h3-7,10-11,18-19,28H,8-9,12,14-16H2,1H3,(H,26,27)/t18-,19?,25+/m1/s1. The molecule has 3 atom stereocenters. The van der Waals surface area contributed by atoms with Gasteiger partial charge >= 0.3 is 5.97 Å². The van der Waals surface area contributed by atoms with E-state index in [1.807, 2.05) is 24.3 Å². The predicted molar refractivity (Wildman–Crippen MR) is 109 cm³/mol. The summed E-state index contributed by atoms with van der Waals surface area (Å²) in [5.74, 6) is 5.84. The van der Waals surface area contributed by atoms with Crippen molar-refractivity contribution in [2.75, 3.05) is 0 Å². The van der Waals surface area contributed by atoms with Crippen LogP contribution in [0.5, 0.6) is 0 Å². The second-order valence-corrected chi connectivity index (χ2v) is 8.18. The first-order valence-electron chi connectivity index (χ1n) is 10.1. The van der Waals surface area contributed by atoms with Crippen LogP contribution in [-0.4, -0.2) is 21.8 Å². The topological polar surface area (TPSA) is 57.5 Å². The summed E-state index contributed by atoms with van der Waals surface area (Å²) in [5.41, 5.74) is 4.17. The highest BCUT2D eigenvalue weighted by atomic mass is 16.4. The molecule has 28 heavy (non-hydrogen) atoms. The highest BCUT2D eigenvalue weighted by molar-refractivity contribution is 5.90. The van der Waals surface area contributed by atoms with Gasteiger partial charge in [0.05, 0.1) is 5.56 Å². The molecule has 0 aliphatic heterocycles. The molecular weight excluding hydrogens is 348 g/mol. The van der Waals surface area contributed by atoms with Gasteiger partial charge in [-0.05, 0) is 85.6 Å². The normalized spacial score (nSPS) is 25.8. The van der Waals surface area contributed by atoms with Gasteiger partial charge in [0.25, 0.3) is 0 Å². The van der Waals surface area contributed by atoms with Gasteiger partial charge in [0.15, 0.2) is 0 Å². The Morgan fingerprint density at radius 3 is 2.68 bits per heavy atom. The maximum Gasteiger partial charge on any atom is 0.335 e. The number of fused-ring (bicyclic) bond motifs is 3. The molecule has 2 aliphatic rings. The second-order valence-electron chi connectivity index (χ2n) is 8.18. The van der Waals surface area contributed by atoms with Crippen molar-refractivity contribution in [3.63, 3.8) is 0 Å². The van der Waals surface area contributed by atoms with E-state index in [0.717, 1.165) is 30.4 Å². The Morgan fingerprint density at radius 1 is 1.18 bits per heavy atom. The van der Waals surface area contributed by atoms with Gasteiger partial charge in [-0.1, -0.05) is 42.3 Å². The lowest BCUT2D eigenvalue weighted by Gasteiger charge is -2.43. The lowest BCUT2D eigenvalue weighted by Crippen LogP contribution is -2.39. The van der Waals surface area contributed by atoms with Crippen LogP contribution in [-0.2, 0) is 12.8 Å². The lowest BCUT2D eigenvalue weighted by molar-refractivity contribution is 0.0234. The highest BCUT2D eigenvalue weighted by Gasteiger charge is 2.42. The Morgan fingerprint density at radius 2 is 1.96 bits per heavy atom. The van der Waals surface area contributed by atoms with Crippen LogP contribution in [0.15, 0.2) is 42.5 Å². The quantitative estimate of drug-likeness (QED) is 0.775. The average Bonchev–Trinajstić information content (AvgIpc) is 2.68. The Hall–Kier alpha value is -2.57. The van der Waals surface area contributed by atoms with Crippen molar-refractivity contribution in [1.29, 1.82) is 0 Å². The lowest BCUT2D eigenvalue weighted by atomic mass is 9.63. The van der Waals surface area contributed by atoms with Crippen LogP contribution in [0.3, 0.4) is 0 Å². The highest BCUT2D eigenvalue weighted by Crippen LogP contribution is 2.49. The number of carboxylic acid groups (broad SMARTS) is 1. The summed E-state index contributed by atoms with van der Waals surface area (Å²) in [6, 6.07) is 13.9. The zero-order valence-corrected chi connectivity index (χ0v) is 16.2. The molecule has 0 amide bonds. The molecule has 0 bridgehead atoms. The molecular formula is C25H26O3. The minimum Gasteiger partial charge on any atom is -0.478 e. The maximum absolute atomic E-state index is 11.9. The van der Waals surface area contributed by atoms with Gasteiger partial charge in [-0.3, -0.25) is 0 Å². The first kappa shape index (κ1) is 18.8. The average molecular weight is 374 g/mol. The number of hydrogen-bond acceptors (Lipinski definition) is 2. The molecule has 2 N–H and O–H groups in total. The number of rotatable bonds is 3. The number of carbonyl (C=O) groups is 1. The number of aromatic carboxylic acids is 1.